The minimum Gasteiger partial charge on any atom is -0.458 e. The molecule has 5 aliphatic carbocycles. The third kappa shape index (κ3) is 1.43. The first-order valence-electron chi connectivity index (χ1n) is 11.6. The largest absolute Gasteiger partial charge is 0.458 e. The number of rotatable bonds is 0. The average Bonchev–Trinajstić information content (AvgIpc) is 3.01. The molecule has 2 aliphatic heterocycles. The minimum absolute atomic E-state index is 0.00258. The topological polar surface area (TPSA) is 96.8 Å². The van der Waals surface area contributed by atoms with Crippen molar-refractivity contribution in [2.75, 3.05) is 0 Å². The van der Waals surface area contributed by atoms with Gasteiger partial charge >= 0.3 is 5.97 Å². The maximum atomic E-state index is 13.7. The summed E-state index contributed by atoms with van der Waals surface area (Å²) in [5.74, 6) is -0.966. The number of epoxide rings is 1. The lowest BCUT2D eigenvalue weighted by Crippen LogP contribution is -2.66. The number of fused-ring (bicyclic) bond motifs is 5. The molecule has 5 saturated carbocycles. The Labute approximate surface area is 175 Å². The molecule has 0 amide bonds. The zero-order chi connectivity index (χ0) is 20.9. The summed E-state index contributed by atoms with van der Waals surface area (Å²) in [6, 6.07) is 2.53. The fourth-order valence-corrected chi connectivity index (χ4v) is 10.1. The van der Waals surface area contributed by atoms with E-state index in [1.54, 1.807) is 0 Å². The summed E-state index contributed by atoms with van der Waals surface area (Å²) in [6.07, 6.45) is 5.30. The lowest BCUT2D eigenvalue weighted by atomic mass is 9.39. The van der Waals surface area contributed by atoms with Crippen LogP contribution in [0.25, 0.3) is 0 Å². The number of esters is 1. The van der Waals surface area contributed by atoms with Crippen LogP contribution in [0.5, 0.6) is 0 Å². The van der Waals surface area contributed by atoms with Gasteiger partial charge in [-0.1, -0.05) is 13.8 Å². The molecule has 7 fully saturated rings. The van der Waals surface area contributed by atoms with Gasteiger partial charge in [0.15, 0.2) is 0 Å². The second-order valence-electron chi connectivity index (χ2n) is 11.7. The standard InChI is InChI=1S/C24H27NO5/c1-20-10-15-24(29-15)17(13(20)3-7-23(20)8-5-16(27)30-23)12-9-22(11-25)18(19(12)28)14(26)4-6-21(22,24)2/h12-13,15,17-18H,3-10H2,1-2H3/t12-,13?,15?,17?,18+,20?,21?,22+,23-,24?/m1/s1. The average molecular weight is 409 g/mol. The van der Waals surface area contributed by atoms with Crippen LogP contribution >= 0.6 is 0 Å². The van der Waals surface area contributed by atoms with Crippen molar-refractivity contribution in [1.82, 2.24) is 0 Å². The Kier molecular flexibility index (Phi) is 2.80. The van der Waals surface area contributed by atoms with E-state index in [2.05, 4.69) is 19.9 Å². The van der Waals surface area contributed by atoms with E-state index in [1.807, 2.05) is 0 Å². The van der Waals surface area contributed by atoms with Crippen LogP contribution in [0.2, 0.25) is 0 Å². The summed E-state index contributed by atoms with van der Waals surface area (Å²) in [4.78, 5) is 38.7. The number of hydrogen-bond donors (Lipinski definition) is 0. The molecule has 2 heterocycles. The summed E-state index contributed by atoms with van der Waals surface area (Å²) < 4.78 is 12.6. The highest BCUT2D eigenvalue weighted by Gasteiger charge is 2.90. The highest BCUT2D eigenvalue weighted by molar-refractivity contribution is 6.08. The Bertz CT molecular complexity index is 1000. The first kappa shape index (κ1) is 17.9. The Hall–Kier alpha value is -1.74. The van der Waals surface area contributed by atoms with Crippen molar-refractivity contribution in [2.24, 2.45) is 39.9 Å². The number of nitriles is 1. The van der Waals surface area contributed by atoms with E-state index < -0.39 is 27.9 Å². The van der Waals surface area contributed by atoms with Gasteiger partial charge in [0.25, 0.3) is 0 Å². The summed E-state index contributed by atoms with van der Waals surface area (Å²) in [6.45, 7) is 4.39. The van der Waals surface area contributed by atoms with Gasteiger partial charge in [-0.2, -0.15) is 5.26 Å². The molecular formula is C24H27NO5. The van der Waals surface area contributed by atoms with Crippen LogP contribution in [0.1, 0.15) is 65.2 Å². The molecule has 0 radical (unpaired) electrons. The zero-order valence-corrected chi connectivity index (χ0v) is 17.5. The molecule has 0 aromatic carbocycles. The van der Waals surface area contributed by atoms with Crippen molar-refractivity contribution < 1.29 is 23.9 Å². The number of carbonyl (C=O) groups is 3. The molecule has 0 aromatic rings. The number of hydrogen-bond acceptors (Lipinski definition) is 6. The van der Waals surface area contributed by atoms with Gasteiger partial charge in [-0.05, 0) is 44.4 Å². The molecule has 2 saturated heterocycles. The van der Waals surface area contributed by atoms with E-state index in [4.69, 9.17) is 9.47 Å². The van der Waals surface area contributed by atoms with Gasteiger partial charge in [0.05, 0.1) is 23.5 Å². The van der Waals surface area contributed by atoms with E-state index in [9.17, 15) is 19.6 Å². The van der Waals surface area contributed by atoms with Crippen LogP contribution in [-0.2, 0) is 23.9 Å². The smallest absolute Gasteiger partial charge is 0.306 e. The van der Waals surface area contributed by atoms with Crippen LogP contribution in [0.15, 0.2) is 0 Å². The molecule has 6 unspecified atom stereocenters. The summed E-state index contributed by atoms with van der Waals surface area (Å²) in [5.41, 5.74) is -2.52. The maximum absolute atomic E-state index is 13.7. The van der Waals surface area contributed by atoms with E-state index in [0.29, 0.717) is 25.7 Å². The first-order valence-corrected chi connectivity index (χ1v) is 11.6. The molecule has 2 spiro atoms. The maximum Gasteiger partial charge on any atom is 0.306 e. The Morgan fingerprint density at radius 3 is 2.57 bits per heavy atom. The predicted molar refractivity (Wildman–Crippen MR) is 102 cm³/mol. The number of ether oxygens (including phenoxy) is 2. The van der Waals surface area contributed by atoms with Gasteiger partial charge in [0.1, 0.15) is 22.8 Å². The van der Waals surface area contributed by atoms with Gasteiger partial charge in [0, 0.05) is 35.5 Å². The number of carbonyl (C=O) groups excluding carboxylic acids is 3. The van der Waals surface area contributed by atoms with Gasteiger partial charge < -0.3 is 9.47 Å². The number of ketones is 2. The quantitative estimate of drug-likeness (QED) is 0.347. The Morgan fingerprint density at radius 1 is 1.07 bits per heavy atom. The lowest BCUT2D eigenvalue weighted by Gasteiger charge is -2.60. The fourth-order valence-electron chi connectivity index (χ4n) is 10.1. The highest BCUT2D eigenvalue weighted by Crippen LogP contribution is 2.83. The van der Waals surface area contributed by atoms with Crippen LogP contribution in [0.4, 0.5) is 0 Å². The van der Waals surface area contributed by atoms with E-state index in [0.717, 1.165) is 25.7 Å². The molecule has 6 heteroatoms. The van der Waals surface area contributed by atoms with Gasteiger partial charge in [-0.15, -0.1) is 0 Å². The highest BCUT2D eigenvalue weighted by atomic mass is 16.6. The van der Waals surface area contributed by atoms with Crippen LogP contribution in [0.3, 0.4) is 0 Å². The number of nitrogens with zero attached hydrogens (tertiary/aromatic N) is 1. The zero-order valence-electron chi connectivity index (χ0n) is 17.5. The van der Waals surface area contributed by atoms with Crippen molar-refractivity contribution in [3.63, 3.8) is 0 Å². The van der Waals surface area contributed by atoms with Crippen molar-refractivity contribution in [3.8, 4) is 6.07 Å². The summed E-state index contributed by atoms with van der Waals surface area (Å²) in [5, 5.41) is 10.4. The van der Waals surface area contributed by atoms with Crippen molar-refractivity contribution >= 4 is 17.5 Å². The molecule has 0 aromatic heterocycles. The molecule has 30 heavy (non-hydrogen) atoms. The fraction of sp³-hybridized carbons (Fsp3) is 0.833. The monoisotopic (exact) mass is 409 g/mol. The van der Waals surface area contributed by atoms with Crippen LogP contribution in [-0.4, -0.2) is 34.8 Å². The molecule has 7 aliphatic rings. The van der Waals surface area contributed by atoms with Crippen LogP contribution < -0.4 is 0 Å². The van der Waals surface area contributed by atoms with Gasteiger partial charge in [0.2, 0.25) is 0 Å². The minimum atomic E-state index is -0.917. The molecule has 7 rings (SSSR count). The van der Waals surface area contributed by atoms with E-state index >= 15 is 0 Å². The third-order valence-electron chi connectivity index (χ3n) is 11.4. The molecule has 2 bridgehead atoms. The molecule has 10 atom stereocenters. The van der Waals surface area contributed by atoms with E-state index in [1.165, 1.54) is 0 Å². The molecular weight excluding hydrogens is 382 g/mol. The second-order valence-corrected chi connectivity index (χ2v) is 11.7. The molecule has 6 nitrogen and oxygen atoms in total. The third-order valence-corrected chi connectivity index (χ3v) is 11.4. The van der Waals surface area contributed by atoms with Crippen molar-refractivity contribution in [2.45, 2.75) is 82.5 Å². The SMILES string of the molecule is CC12CC3OC34C(C1CC[C@@]21CCC(=O)O1)[C@H]1C[C@]2(C#N)[C@@H](C(=O)CCC42C)C1=O. The van der Waals surface area contributed by atoms with E-state index in [-0.39, 0.29) is 46.8 Å². The summed E-state index contributed by atoms with van der Waals surface area (Å²) in [7, 11) is 0. The molecule has 0 N–H and O–H groups in total. The normalized spacial score (nSPS) is 61.9. The van der Waals surface area contributed by atoms with Crippen molar-refractivity contribution in [3.05, 3.63) is 0 Å². The second kappa shape index (κ2) is 4.70. The van der Waals surface area contributed by atoms with Gasteiger partial charge in [-0.25, -0.2) is 0 Å². The van der Waals surface area contributed by atoms with Crippen LogP contribution in [0, 0.1) is 51.2 Å². The summed E-state index contributed by atoms with van der Waals surface area (Å²) >= 11 is 0. The molecule has 158 valence electrons. The van der Waals surface area contributed by atoms with Crippen molar-refractivity contribution in [1.29, 1.82) is 5.26 Å². The Balaban J connectivity index is 1.42. The lowest BCUT2D eigenvalue weighted by molar-refractivity contribution is -0.174. The Morgan fingerprint density at radius 2 is 1.87 bits per heavy atom. The predicted octanol–water partition coefficient (Wildman–Crippen LogP) is 2.73. The number of Topliss-reactive ketones (excluding diaryl/α,β-unsaturated/α-hetero) is 2. The van der Waals surface area contributed by atoms with Gasteiger partial charge in [-0.3, -0.25) is 14.4 Å². The first-order chi connectivity index (χ1) is 14.2.